The second kappa shape index (κ2) is 9.62. The molecule has 0 atom stereocenters. The van der Waals surface area contributed by atoms with Crippen LogP contribution in [0.1, 0.15) is 12.5 Å². The van der Waals surface area contributed by atoms with Crippen molar-refractivity contribution in [1.82, 2.24) is 9.91 Å². The Morgan fingerprint density at radius 3 is 2.72 bits per heavy atom. The number of hydrazone groups is 1. The summed E-state index contributed by atoms with van der Waals surface area (Å²) in [5, 5.41) is 6.44. The fraction of sp³-hybridized carbons (Fsp3) is 0.529. The monoisotopic (exact) mass is 413 g/mol. The normalized spacial score (nSPS) is 14.6. The van der Waals surface area contributed by atoms with Crippen LogP contribution in [0, 0.1) is 0 Å². The van der Waals surface area contributed by atoms with Crippen molar-refractivity contribution in [2.75, 3.05) is 53.6 Å². The number of carbonyl (C=O) groups excluding carboxylic acids is 1. The third kappa shape index (κ3) is 5.89. The van der Waals surface area contributed by atoms with Crippen molar-refractivity contribution >= 4 is 28.1 Å². The lowest BCUT2D eigenvalue weighted by Gasteiger charge is -2.23. The average Bonchev–Trinajstić information content (AvgIpc) is 2.60. The number of carbonyl (C=O) groups is 1. The van der Waals surface area contributed by atoms with E-state index in [9.17, 15) is 4.79 Å². The van der Waals surface area contributed by atoms with E-state index in [1.807, 2.05) is 24.1 Å². The van der Waals surface area contributed by atoms with Gasteiger partial charge in [0.15, 0.2) is 18.1 Å². The fourth-order valence-electron chi connectivity index (χ4n) is 2.15. The molecule has 138 valence electrons. The van der Waals surface area contributed by atoms with Crippen LogP contribution < -0.4 is 9.47 Å². The van der Waals surface area contributed by atoms with E-state index in [4.69, 9.17) is 14.2 Å². The lowest BCUT2D eigenvalue weighted by Crippen LogP contribution is -2.32. The highest BCUT2D eigenvalue weighted by Crippen LogP contribution is 2.36. The Bertz CT molecular complexity index is 616. The summed E-state index contributed by atoms with van der Waals surface area (Å²) >= 11 is 3.50. The molecule has 1 aliphatic heterocycles. The first-order valence-electron chi connectivity index (χ1n) is 8.17. The number of hydrogen-bond donors (Lipinski definition) is 0. The van der Waals surface area contributed by atoms with Gasteiger partial charge >= 0.3 is 0 Å². The number of benzene rings is 1. The van der Waals surface area contributed by atoms with Crippen LogP contribution >= 0.6 is 15.9 Å². The molecule has 1 saturated heterocycles. The van der Waals surface area contributed by atoms with Crippen molar-refractivity contribution in [3.63, 3.8) is 0 Å². The first-order chi connectivity index (χ1) is 12.0. The standard InChI is InChI=1S/C17H24BrN3O4/c1-4-24-15-10-13(11-19-21-5-7-23-8-6-21)9-14(18)17(15)25-12-16(22)20(2)3/h9-11H,4-8,12H2,1-3H3/b19-11-. The van der Waals surface area contributed by atoms with Gasteiger partial charge in [0.05, 0.1) is 43.6 Å². The van der Waals surface area contributed by atoms with E-state index in [0.29, 0.717) is 35.8 Å². The van der Waals surface area contributed by atoms with Crippen LogP contribution in [-0.2, 0) is 9.53 Å². The lowest BCUT2D eigenvalue weighted by atomic mass is 10.2. The molecular formula is C17H24BrN3O4. The predicted molar refractivity (Wildman–Crippen MR) is 99.5 cm³/mol. The Labute approximate surface area is 156 Å². The molecule has 0 saturated carbocycles. The summed E-state index contributed by atoms with van der Waals surface area (Å²) in [7, 11) is 3.38. The molecule has 0 aromatic heterocycles. The van der Waals surface area contributed by atoms with E-state index in [1.165, 1.54) is 4.90 Å². The number of rotatable bonds is 7. The van der Waals surface area contributed by atoms with Gasteiger partial charge in [0.2, 0.25) is 0 Å². The van der Waals surface area contributed by atoms with Crippen molar-refractivity contribution in [3.05, 3.63) is 22.2 Å². The fourth-order valence-corrected chi connectivity index (χ4v) is 2.72. The molecule has 1 aliphatic rings. The van der Waals surface area contributed by atoms with Crippen molar-refractivity contribution in [2.45, 2.75) is 6.92 Å². The van der Waals surface area contributed by atoms with E-state index in [-0.39, 0.29) is 12.5 Å². The van der Waals surface area contributed by atoms with Gasteiger partial charge in [0, 0.05) is 14.1 Å². The van der Waals surface area contributed by atoms with Crippen molar-refractivity contribution in [2.24, 2.45) is 5.10 Å². The van der Waals surface area contributed by atoms with Crippen molar-refractivity contribution in [3.8, 4) is 11.5 Å². The molecule has 0 bridgehead atoms. The quantitative estimate of drug-likeness (QED) is 0.639. The van der Waals surface area contributed by atoms with Crippen LogP contribution in [0.3, 0.4) is 0 Å². The van der Waals surface area contributed by atoms with Crippen molar-refractivity contribution in [1.29, 1.82) is 0 Å². The molecular weight excluding hydrogens is 390 g/mol. The van der Waals surface area contributed by atoms with Gasteiger partial charge in [-0.2, -0.15) is 5.10 Å². The number of likely N-dealkylation sites (N-methyl/N-ethyl adjacent to an activating group) is 1. The summed E-state index contributed by atoms with van der Waals surface area (Å²) in [5.41, 5.74) is 0.883. The Kier molecular flexibility index (Phi) is 7.52. The largest absolute Gasteiger partial charge is 0.490 e. The van der Waals surface area contributed by atoms with E-state index < -0.39 is 0 Å². The summed E-state index contributed by atoms with van der Waals surface area (Å²) in [4.78, 5) is 13.2. The second-order valence-corrected chi connectivity index (χ2v) is 6.50. The van der Waals surface area contributed by atoms with Gasteiger partial charge < -0.3 is 19.1 Å². The minimum atomic E-state index is -0.118. The Morgan fingerprint density at radius 2 is 2.08 bits per heavy atom. The highest BCUT2D eigenvalue weighted by molar-refractivity contribution is 9.10. The van der Waals surface area contributed by atoms with Crippen LogP contribution in [-0.4, -0.2) is 75.6 Å². The number of nitrogens with zero attached hydrogens (tertiary/aromatic N) is 3. The van der Waals surface area contributed by atoms with E-state index in [2.05, 4.69) is 21.0 Å². The van der Waals surface area contributed by atoms with Crippen LogP contribution in [0.4, 0.5) is 0 Å². The number of hydrogen-bond acceptors (Lipinski definition) is 6. The van der Waals surface area contributed by atoms with Gasteiger partial charge in [-0.05, 0) is 40.5 Å². The molecule has 2 rings (SSSR count). The van der Waals surface area contributed by atoms with Gasteiger partial charge in [0.1, 0.15) is 0 Å². The Morgan fingerprint density at radius 1 is 1.36 bits per heavy atom. The minimum Gasteiger partial charge on any atom is -0.490 e. The topological polar surface area (TPSA) is 63.6 Å². The Hall–Kier alpha value is -1.80. The molecule has 1 fully saturated rings. The molecule has 1 aromatic carbocycles. The summed E-state index contributed by atoms with van der Waals surface area (Å²) < 4.78 is 17.4. The lowest BCUT2D eigenvalue weighted by molar-refractivity contribution is -0.130. The molecule has 1 heterocycles. The zero-order valence-corrected chi connectivity index (χ0v) is 16.4. The maximum absolute atomic E-state index is 11.7. The van der Waals surface area contributed by atoms with Crippen LogP contribution in [0.25, 0.3) is 0 Å². The first kappa shape index (κ1) is 19.5. The van der Waals surface area contributed by atoms with Gasteiger partial charge in [-0.25, -0.2) is 0 Å². The molecule has 25 heavy (non-hydrogen) atoms. The molecule has 0 unspecified atom stereocenters. The number of morpholine rings is 1. The van der Waals surface area contributed by atoms with E-state index in [1.54, 1.807) is 20.3 Å². The third-order valence-corrected chi connectivity index (χ3v) is 4.12. The second-order valence-electron chi connectivity index (χ2n) is 5.65. The van der Waals surface area contributed by atoms with Gasteiger partial charge in [-0.3, -0.25) is 9.80 Å². The van der Waals surface area contributed by atoms with Gasteiger partial charge in [-0.1, -0.05) is 0 Å². The molecule has 0 radical (unpaired) electrons. The Balaban J connectivity index is 2.14. The van der Waals surface area contributed by atoms with Crippen molar-refractivity contribution < 1.29 is 19.0 Å². The number of amides is 1. The zero-order valence-electron chi connectivity index (χ0n) is 14.8. The summed E-state index contributed by atoms with van der Waals surface area (Å²) in [5.74, 6) is 0.972. The summed E-state index contributed by atoms with van der Waals surface area (Å²) in [6.45, 7) is 5.29. The van der Waals surface area contributed by atoms with Gasteiger partial charge in [-0.15, -0.1) is 0 Å². The maximum atomic E-state index is 11.7. The molecule has 0 N–H and O–H groups in total. The highest BCUT2D eigenvalue weighted by atomic mass is 79.9. The number of halogens is 1. The van der Waals surface area contributed by atoms with Crippen LogP contribution in [0.15, 0.2) is 21.7 Å². The summed E-state index contributed by atoms with van der Waals surface area (Å²) in [6, 6.07) is 3.75. The summed E-state index contributed by atoms with van der Waals surface area (Å²) in [6.07, 6.45) is 1.79. The van der Waals surface area contributed by atoms with Gasteiger partial charge in [0.25, 0.3) is 5.91 Å². The van der Waals surface area contributed by atoms with Crippen LogP contribution in [0.2, 0.25) is 0 Å². The predicted octanol–water partition coefficient (Wildman–Crippen LogP) is 1.98. The highest BCUT2D eigenvalue weighted by Gasteiger charge is 2.15. The molecule has 1 amide bonds. The van der Waals surface area contributed by atoms with E-state index in [0.717, 1.165) is 18.7 Å². The molecule has 1 aromatic rings. The maximum Gasteiger partial charge on any atom is 0.259 e. The molecule has 7 nitrogen and oxygen atoms in total. The third-order valence-electron chi connectivity index (χ3n) is 3.53. The molecule has 0 aliphatic carbocycles. The zero-order chi connectivity index (χ0) is 18.2. The molecule has 8 heteroatoms. The first-order valence-corrected chi connectivity index (χ1v) is 8.96. The minimum absolute atomic E-state index is 0.0487. The average molecular weight is 414 g/mol. The molecule has 0 spiro atoms. The number of ether oxygens (including phenoxy) is 3. The smallest absolute Gasteiger partial charge is 0.259 e. The van der Waals surface area contributed by atoms with E-state index >= 15 is 0 Å². The van der Waals surface area contributed by atoms with Crippen LogP contribution in [0.5, 0.6) is 11.5 Å². The SMILES string of the molecule is CCOc1cc(/C=N\N2CCOCC2)cc(Br)c1OCC(=O)N(C)C.